The molecular formula is C25H29NO3. The Hall–Kier alpha value is -2.49. The first-order valence-electron chi connectivity index (χ1n) is 10.8. The van der Waals surface area contributed by atoms with E-state index in [1.54, 1.807) is 11.9 Å². The molecule has 0 aromatic heterocycles. The summed E-state index contributed by atoms with van der Waals surface area (Å²) in [4.78, 5) is 14.1. The second kappa shape index (κ2) is 7.40. The molecule has 0 atom stereocenters. The van der Waals surface area contributed by atoms with Crippen LogP contribution in [-0.4, -0.2) is 25.2 Å². The van der Waals surface area contributed by atoms with Crippen molar-refractivity contribution < 1.29 is 14.3 Å². The molecule has 4 saturated carbocycles. The molecule has 4 aliphatic rings. The van der Waals surface area contributed by atoms with Gasteiger partial charge in [0.2, 0.25) is 0 Å². The van der Waals surface area contributed by atoms with Gasteiger partial charge in [0.1, 0.15) is 17.1 Å². The molecule has 0 heterocycles. The third-order valence-corrected chi connectivity index (χ3v) is 7.02. The first kappa shape index (κ1) is 18.5. The van der Waals surface area contributed by atoms with Gasteiger partial charge < -0.3 is 14.4 Å². The molecule has 0 saturated heterocycles. The standard InChI is InChI=1S/C25H29NO3/c1-26(24(27)17-28-22-5-3-2-4-6-22)21-7-9-23(10-8-21)29-25-14-18-11-19(15-25)13-20(12-18)16-25/h2-10,18-20H,11-17H2,1H3. The number of likely N-dealkylation sites (N-methyl/N-ethyl adjacent to an activating group) is 1. The molecule has 4 aliphatic carbocycles. The van der Waals surface area contributed by atoms with Crippen LogP contribution in [0.1, 0.15) is 38.5 Å². The molecule has 29 heavy (non-hydrogen) atoms. The molecule has 1 amide bonds. The Morgan fingerprint density at radius 3 is 2.07 bits per heavy atom. The van der Waals surface area contributed by atoms with Crippen LogP contribution < -0.4 is 14.4 Å². The minimum Gasteiger partial charge on any atom is -0.487 e. The fraction of sp³-hybridized carbons (Fsp3) is 0.480. The van der Waals surface area contributed by atoms with Gasteiger partial charge in [-0.05, 0) is 92.7 Å². The van der Waals surface area contributed by atoms with Crippen molar-refractivity contribution in [2.45, 2.75) is 44.1 Å². The fourth-order valence-electron chi connectivity index (χ4n) is 6.05. The van der Waals surface area contributed by atoms with Crippen LogP contribution in [0, 0.1) is 17.8 Å². The zero-order valence-corrected chi connectivity index (χ0v) is 17.0. The number of carbonyl (C=O) groups excluding carboxylic acids is 1. The second-order valence-electron chi connectivity index (χ2n) is 9.25. The maximum absolute atomic E-state index is 12.5. The van der Waals surface area contributed by atoms with Crippen molar-refractivity contribution in [3.05, 3.63) is 54.6 Å². The maximum atomic E-state index is 12.5. The fourth-order valence-corrected chi connectivity index (χ4v) is 6.05. The largest absolute Gasteiger partial charge is 0.487 e. The summed E-state index contributed by atoms with van der Waals surface area (Å²) in [6, 6.07) is 17.4. The number of amides is 1. The van der Waals surface area contributed by atoms with Crippen molar-refractivity contribution in [3.8, 4) is 11.5 Å². The van der Waals surface area contributed by atoms with E-state index in [-0.39, 0.29) is 18.1 Å². The molecule has 4 fully saturated rings. The topological polar surface area (TPSA) is 38.8 Å². The minimum atomic E-state index is -0.0800. The lowest BCUT2D eigenvalue weighted by Gasteiger charge is -2.56. The minimum absolute atomic E-state index is 0.0199. The summed E-state index contributed by atoms with van der Waals surface area (Å²) in [6.45, 7) is 0.0199. The molecule has 0 aliphatic heterocycles. The van der Waals surface area contributed by atoms with E-state index >= 15 is 0 Å². The predicted molar refractivity (Wildman–Crippen MR) is 113 cm³/mol. The summed E-state index contributed by atoms with van der Waals surface area (Å²) in [5.41, 5.74) is 0.908. The number of rotatable bonds is 6. The number of hydrogen-bond donors (Lipinski definition) is 0. The summed E-state index contributed by atoms with van der Waals surface area (Å²) in [6.07, 6.45) is 7.90. The number of benzene rings is 2. The predicted octanol–water partition coefficient (Wildman–Crippen LogP) is 5.08. The van der Waals surface area contributed by atoms with Gasteiger partial charge in [-0.2, -0.15) is 0 Å². The van der Waals surface area contributed by atoms with E-state index < -0.39 is 0 Å². The van der Waals surface area contributed by atoms with E-state index in [1.165, 1.54) is 38.5 Å². The third-order valence-electron chi connectivity index (χ3n) is 7.02. The quantitative estimate of drug-likeness (QED) is 0.690. The van der Waals surface area contributed by atoms with Crippen molar-refractivity contribution in [1.82, 2.24) is 0 Å². The molecule has 0 unspecified atom stereocenters. The lowest BCUT2D eigenvalue weighted by Crippen LogP contribution is -2.53. The average Bonchev–Trinajstić information content (AvgIpc) is 2.71. The lowest BCUT2D eigenvalue weighted by atomic mass is 9.54. The maximum Gasteiger partial charge on any atom is 0.264 e. The molecule has 0 spiro atoms. The molecule has 4 heteroatoms. The number of hydrogen-bond acceptors (Lipinski definition) is 3. The molecule has 2 aromatic rings. The highest BCUT2D eigenvalue weighted by Gasteiger charge is 2.52. The summed E-state index contributed by atoms with van der Waals surface area (Å²) in [7, 11) is 1.78. The van der Waals surface area contributed by atoms with Crippen LogP contribution in [-0.2, 0) is 4.79 Å². The van der Waals surface area contributed by atoms with E-state index in [2.05, 4.69) is 0 Å². The highest BCUT2D eigenvalue weighted by molar-refractivity contribution is 5.93. The van der Waals surface area contributed by atoms with Crippen molar-refractivity contribution in [3.63, 3.8) is 0 Å². The van der Waals surface area contributed by atoms with E-state index in [9.17, 15) is 4.79 Å². The molecular weight excluding hydrogens is 362 g/mol. The van der Waals surface area contributed by atoms with Crippen LogP contribution in [0.5, 0.6) is 11.5 Å². The van der Waals surface area contributed by atoms with Gasteiger partial charge in [0, 0.05) is 12.7 Å². The van der Waals surface area contributed by atoms with E-state index in [4.69, 9.17) is 9.47 Å². The Morgan fingerprint density at radius 2 is 1.48 bits per heavy atom. The Labute approximate surface area is 172 Å². The Bertz CT molecular complexity index is 826. The summed E-state index contributed by atoms with van der Waals surface area (Å²) >= 11 is 0. The van der Waals surface area contributed by atoms with Crippen LogP contribution in [0.4, 0.5) is 5.69 Å². The van der Waals surface area contributed by atoms with Gasteiger partial charge in [-0.1, -0.05) is 18.2 Å². The van der Waals surface area contributed by atoms with E-state index in [0.29, 0.717) is 5.75 Å². The number of carbonyl (C=O) groups is 1. The number of nitrogens with zero attached hydrogens (tertiary/aromatic N) is 1. The molecule has 4 bridgehead atoms. The highest BCUT2D eigenvalue weighted by atomic mass is 16.5. The number of para-hydroxylation sites is 1. The van der Waals surface area contributed by atoms with Gasteiger partial charge >= 0.3 is 0 Å². The average molecular weight is 392 g/mol. The zero-order chi connectivity index (χ0) is 19.8. The monoisotopic (exact) mass is 391 g/mol. The van der Waals surface area contributed by atoms with E-state index in [1.807, 2.05) is 54.6 Å². The summed E-state index contributed by atoms with van der Waals surface area (Å²) < 4.78 is 12.2. The number of ether oxygens (including phenoxy) is 2. The third kappa shape index (κ3) is 3.85. The molecule has 2 aromatic carbocycles. The second-order valence-corrected chi connectivity index (χ2v) is 9.25. The molecule has 0 radical (unpaired) electrons. The summed E-state index contributed by atoms with van der Waals surface area (Å²) in [5.74, 6) is 4.16. The Morgan fingerprint density at radius 1 is 0.897 bits per heavy atom. The van der Waals surface area contributed by atoms with Gasteiger partial charge in [0.05, 0.1) is 0 Å². The van der Waals surface area contributed by atoms with Crippen molar-refractivity contribution in [2.75, 3.05) is 18.6 Å². The van der Waals surface area contributed by atoms with Gasteiger partial charge in [-0.25, -0.2) is 0 Å². The first-order valence-corrected chi connectivity index (χ1v) is 10.8. The number of anilines is 1. The van der Waals surface area contributed by atoms with Gasteiger partial charge in [-0.15, -0.1) is 0 Å². The SMILES string of the molecule is CN(C(=O)COc1ccccc1)c1ccc(OC23CC4CC(CC(C4)C2)C3)cc1. The first-order chi connectivity index (χ1) is 14.1. The highest BCUT2D eigenvalue weighted by Crippen LogP contribution is 2.57. The van der Waals surface area contributed by atoms with Crippen LogP contribution in [0.15, 0.2) is 54.6 Å². The smallest absolute Gasteiger partial charge is 0.264 e. The Kier molecular flexibility index (Phi) is 4.73. The molecule has 152 valence electrons. The van der Waals surface area contributed by atoms with Gasteiger partial charge in [-0.3, -0.25) is 4.79 Å². The molecule has 6 rings (SSSR count). The Balaban J connectivity index is 1.20. The van der Waals surface area contributed by atoms with Crippen LogP contribution in [0.2, 0.25) is 0 Å². The van der Waals surface area contributed by atoms with Crippen molar-refractivity contribution >= 4 is 11.6 Å². The zero-order valence-electron chi connectivity index (χ0n) is 17.0. The summed E-state index contributed by atoms with van der Waals surface area (Å²) in [5, 5.41) is 0. The normalized spacial score (nSPS) is 29.5. The van der Waals surface area contributed by atoms with Crippen molar-refractivity contribution in [2.24, 2.45) is 17.8 Å². The molecule has 4 nitrogen and oxygen atoms in total. The van der Waals surface area contributed by atoms with Gasteiger partial charge in [0.25, 0.3) is 5.91 Å². The van der Waals surface area contributed by atoms with Gasteiger partial charge in [0.15, 0.2) is 6.61 Å². The molecule has 0 N–H and O–H groups in total. The van der Waals surface area contributed by atoms with Crippen LogP contribution >= 0.6 is 0 Å². The van der Waals surface area contributed by atoms with Crippen LogP contribution in [0.25, 0.3) is 0 Å². The van der Waals surface area contributed by atoms with Crippen LogP contribution in [0.3, 0.4) is 0 Å². The van der Waals surface area contributed by atoms with E-state index in [0.717, 1.165) is 29.2 Å². The lowest BCUT2D eigenvalue weighted by molar-refractivity contribution is -0.120. The van der Waals surface area contributed by atoms with Crippen molar-refractivity contribution in [1.29, 1.82) is 0 Å².